The van der Waals surface area contributed by atoms with Gasteiger partial charge in [0.05, 0.1) is 12.3 Å². The van der Waals surface area contributed by atoms with E-state index < -0.39 is 5.97 Å². The van der Waals surface area contributed by atoms with Crippen LogP contribution in [0.2, 0.25) is 0 Å². The molecule has 0 spiro atoms. The lowest BCUT2D eigenvalue weighted by Crippen LogP contribution is -2.16. The average Bonchev–Trinajstić information content (AvgIpc) is 2.81. The Morgan fingerprint density at radius 2 is 2.05 bits per heavy atom. The van der Waals surface area contributed by atoms with Gasteiger partial charge in [-0.25, -0.2) is 4.79 Å². The van der Waals surface area contributed by atoms with Gasteiger partial charge in [-0.3, -0.25) is 4.79 Å². The molecule has 0 aliphatic rings. The molecule has 2 rings (SSSR count). The third-order valence-electron chi connectivity index (χ3n) is 3.18. The molecule has 1 aromatic heterocycles. The molecular weight excluding hydrogens is 280 g/mol. The van der Waals surface area contributed by atoms with Crippen LogP contribution in [-0.4, -0.2) is 23.1 Å². The topological polar surface area (TPSA) is 60.3 Å². The van der Waals surface area contributed by atoms with E-state index in [1.165, 1.54) is 6.92 Å². The van der Waals surface area contributed by atoms with Crippen molar-refractivity contribution < 1.29 is 14.3 Å². The Balaban J connectivity index is 2.35. The molecule has 0 saturated heterocycles. The largest absolute Gasteiger partial charge is 0.461 e. The summed E-state index contributed by atoms with van der Waals surface area (Å²) in [5.74, 6) is -0.664. The van der Waals surface area contributed by atoms with Crippen LogP contribution in [0, 0.1) is 6.92 Å². The predicted molar refractivity (Wildman–Crippen MR) is 85.0 cm³/mol. The number of rotatable bonds is 5. The highest BCUT2D eigenvalue weighted by Crippen LogP contribution is 2.20. The van der Waals surface area contributed by atoms with Gasteiger partial charge in [-0.15, -0.1) is 0 Å². The van der Waals surface area contributed by atoms with Gasteiger partial charge in [0.25, 0.3) is 0 Å². The monoisotopic (exact) mass is 300 g/mol. The van der Waals surface area contributed by atoms with E-state index in [0.717, 1.165) is 11.1 Å². The molecule has 0 aliphatic heterocycles. The third kappa shape index (κ3) is 3.75. The first kappa shape index (κ1) is 15.8. The summed E-state index contributed by atoms with van der Waals surface area (Å²) in [5, 5.41) is 2.67. The first-order valence-corrected chi connectivity index (χ1v) is 7.20. The number of nitrogens with one attached hydrogen (secondary N) is 1. The minimum atomic E-state index is -0.441. The van der Waals surface area contributed by atoms with E-state index in [2.05, 4.69) is 11.4 Å². The zero-order chi connectivity index (χ0) is 16.1. The molecular formula is C17H20N2O3. The summed E-state index contributed by atoms with van der Waals surface area (Å²) in [6.45, 7) is 6.01. The molecule has 0 fully saturated rings. The predicted octanol–water partition coefficient (Wildman–Crippen LogP) is 2.98. The standard InChI is InChI=1S/C17H20N2O3/c1-4-22-17(21)16-15(18-13(3)20)8-9-19(16)11-14-7-5-6-12(2)10-14/h5-10H,4,11H2,1-3H3,(H,18,20). The zero-order valence-corrected chi connectivity index (χ0v) is 13.1. The number of anilines is 1. The lowest BCUT2D eigenvalue weighted by atomic mass is 10.1. The fraction of sp³-hybridized carbons (Fsp3) is 0.294. The zero-order valence-electron chi connectivity index (χ0n) is 13.1. The lowest BCUT2D eigenvalue weighted by molar-refractivity contribution is -0.114. The molecule has 1 aromatic carbocycles. The average molecular weight is 300 g/mol. The number of esters is 1. The van der Waals surface area contributed by atoms with Crippen LogP contribution < -0.4 is 5.32 Å². The number of ether oxygens (including phenoxy) is 1. The molecule has 0 saturated carbocycles. The fourth-order valence-electron chi connectivity index (χ4n) is 2.33. The summed E-state index contributed by atoms with van der Waals surface area (Å²) in [4.78, 5) is 23.5. The Bertz CT molecular complexity index is 689. The number of nitrogens with zero attached hydrogens (tertiary/aromatic N) is 1. The van der Waals surface area contributed by atoms with Crippen molar-refractivity contribution in [2.75, 3.05) is 11.9 Å². The molecule has 1 heterocycles. The summed E-state index contributed by atoms with van der Waals surface area (Å²) in [7, 11) is 0. The molecule has 0 aliphatic carbocycles. The maximum Gasteiger partial charge on any atom is 0.357 e. The van der Waals surface area contributed by atoms with Crippen LogP contribution >= 0.6 is 0 Å². The van der Waals surface area contributed by atoms with E-state index in [1.807, 2.05) is 25.1 Å². The Hall–Kier alpha value is -2.56. The smallest absolute Gasteiger partial charge is 0.357 e. The Labute approximate surface area is 129 Å². The number of hydrogen-bond acceptors (Lipinski definition) is 3. The summed E-state index contributed by atoms with van der Waals surface area (Å²) < 4.78 is 6.89. The van der Waals surface area contributed by atoms with Gasteiger partial charge in [0.15, 0.2) is 5.69 Å². The number of benzene rings is 1. The summed E-state index contributed by atoms with van der Waals surface area (Å²) >= 11 is 0. The summed E-state index contributed by atoms with van der Waals surface area (Å²) in [5.41, 5.74) is 3.07. The van der Waals surface area contributed by atoms with Gasteiger partial charge in [-0.2, -0.15) is 0 Å². The number of carbonyl (C=O) groups excluding carboxylic acids is 2. The molecule has 116 valence electrons. The SMILES string of the molecule is CCOC(=O)c1c(NC(C)=O)ccn1Cc1cccc(C)c1. The van der Waals surface area contributed by atoms with Gasteiger partial charge < -0.3 is 14.6 Å². The molecule has 0 unspecified atom stereocenters. The van der Waals surface area contributed by atoms with Gasteiger partial charge in [0.2, 0.25) is 5.91 Å². The number of aromatic nitrogens is 1. The van der Waals surface area contributed by atoms with Crippen molar-refractivity contribution in [1.29, 1.82) is 0 Å². The second-order valence-electron chi connectivity index (χ2n) is 5.10. The molecule has 22 heavy (non-hydrogen) atoms. The van der Waals surface area contributed by atoms with Crippen molar-refractivity contribution in [1.82, 2.24) is 4.57 Å². The van der Waals surface area contributed by atoms with Crippen LogP contribution in [0.1, 0.15) is 35.5 Å². The quantitative estimate of drug-likeness (QED) is 0.864. The van der Waals surface area contributed by atoms with Crippen LogP contribution in [0.5, 0.6) is 0 Å². The highest BCUT2D eigenvalue weighted by molar-refractivity contribution is 5.99. The van der Waals surface area contributed by atoms with Crippen molar-refractivity contribution in [2.45, 2.75) is 27.3 Å². The van der Waals surface area contributed by atoms with Crippen molar-refractivity contribution in [2.24, 2.45) is 0 Å². The van der Waals surface area contributed by atoms with Gasteiger partial charge >= 0.3 is 5.97 Å². The van der Waals surface area contributed by atoms with Crippen LogP contribution in [0.3, 0.4) is 0 Å². The summed E-state index contributed by atoms with van der Waals surface area (Å²) in [6.07, 6.45) is 1.78. The van der Waals surface area contributed by atoms with Crippen molar-refractivity contribution in [3.05, 3.63) is 53.3 Å². The normalized spacial score (nSPS) is 10.3. The Morgan fingerprint density at radius 1 is 1.27 bits per heavy atom. The van der Waals surface area contributed by atoms with Crippen molar-refractivity contribution >= 4 is 17.6 Å². The molecule has 1 N–H and O–H groups in total. The van der Waals surface area contributed by atoms with Crippen LogP contribution in [0.25, 0.3) is 0 Å². The van der Waals surface area contributed by atoms with E-state index in [0.29, 0.717) is 17.9 Å². The van der Waals surface area contributed by atoms with E-state index in [-0.39, 0.29) is 12.5 Å². The van der Waals surface area contributed by atoms with Crippen LogP contribution in [0.15, 0.2) is 36.5 Å². The molecule has 0 radical (unpaired) electrons. The molecule has 1 amide bonds. The minimum absolute atomic E-state index is 0.223. The molecule has 5 nitrogen and oxygen atoms in total. The second-order valence-corrected chi connectivity index (χ2v) is 5.10. The molecule has 0 atom stereocenters. The van der Waals surface area contributed by atoms with E-state index >= 15 is 0 Å². The second kappa shape index (κ2) is 6.93. The van der Waals surface area contributed by atoms with Gasteiger partial charge in [0.1, 0.15) is 0 Å². The first-order valence-electron chi connectivity index (χ1n) is 7.20. The number of aryl methyl sites for hydroxylation is 1. The Kier molecular flexibility index (Phi) is 4.99. The van der Waals surface area contributed by atoms with Gasteiger partial charge in [-0.1, -0.05) is 29.8 Å². The minimum Gasteiger partial charge on any atom is -0.461 e. The molecule has 0 bridgehead atoms. The first-order chi connectivity index (χ1) is 10.5. The van der Waals surface area contributed by atoms with E-state index in [4.69, 9.17) is 4.74 Å². The Morgan fingerprint density at radius 3 is 2.68 bits per heavy atom. The lowest BCUT2D eigenvalue weighted by Gasteiger charge is -2.11. The van der Waals surface area contributed by atoms with Crippen LogP contribution in [0.4, 0.5) is 5.69 Å². The van der Waals surface area contributed by atoms with Gasteiger partial charge in [-0.05, 0) is 25.5 Å². The van der Waals surface area contributed by atoms with Crippen molar-refractivity contribution in [3.8, 4) is 0 Å². The molecule has 5 heteroatoms. The molecule has 2 aromatic rings. The number of hydrogen-bond donors (Lipinski definition) is 1. The van der Waals surface area contributed by atoms with Crippen LogP contribution in [-0.2, 0) is 16.1 Å². The summed E-state index contributed by atoms with van der Waals surface area (Å²) in [6, 6.07) is 9.78. The van der Waals surface area contributed by atoms with E-state index in [9.17, 15) is 9.59 Å². The van der Waals surface area contributed by atoms with E-state index in [1.54, 1.807) is 23.8 Å². The number of amides is 1. The highest BCUT2D eigenvalue weighted by atomic mass is 16.5. The third-order valence-corrected chi connectivity index (χ3v) is 3.18. The van der Waals surface area contributed by atoms with Gasteiger partial charge in [0, 0.05) is 19.7 Å². The fourth-order valence-corrected chi connectivity index (χ4v) is 2.33. The highest BCUT2D eigenvalue weighted by Gasteiger charge is 2.19. The maximum atomic E-state index is 12.2. The van der Waals surface area contributed by atoms with Crippen molar-refractivity contribution in [3.63, 3.8) is 0 Å². The maximum absolute atomic E-state index is 12.2. The number of carbonyl (C=O) groups is 2.